The van der Waals surface area contributed by atoms with E-state index in [2.05, 4.69) is 0 Å². The average Bonchev–Trinajstić information content (AvgIpc) is 2.40. The van der Waals surface area contributed by atoms with Gasteiger partial charge in [0.1, 0.15) is 6.10 Å². The summed E-state index contributed by atoms with van der Waals surface area (Å²) in [5, 5.41) is 28.6. The van der Waals surface area contributed by atoms with Crippen LogP contribution in [0.5, 0.6) is 0 Å². The Bertz CT molecular complexity index is 351. The lowest BCUT2D eigenvalue weighted by Gasteiger charge is -2.23. The monoisotopic (exact) mass is 256 g/mol. The summed E-state index contributed by atoms with van der Waals surface area (Å²) >= 11 is 0. The number of rotatable bonds is 7. The van der Waals surface area contributed by atoms with E-state index in [1.54, 1.807) is 24.3 Å². The molecule has 2 atom stereocenters. The standard InChI is InChI=1S/C13H20O5/c1-17-13(18-2)10-6-4-3-5-9(10)12(16)11(15)7-8-14/h3-6,11-16H,7-8H2,1-2H3. The Hall–Kier alpha value is -0.980. The maximum absolute atomic E-state index is 10.1. The van der Waals surface area contributed by atoms with Crippen molar-refractivity contribution < 1.29 is 24.8 Å². The van der Waals surface area contributed by atoms with Crippen LogP contribution in [0.1, 0.15) is 29.9 Å². The van der Waals surface area contributed by atoms with Gasteiger partial charge in [-0.05, 0) is 12.0 Å². The van der Waals surface area contributed by atoms with E-state index in [0.717, 1.165) is 0 Å². The van der Waals surface area contributed by atoms with Crippen LogP contribution in [0.4, 0.5) is 0 Å². The van der Waals surface area contributed by atoms with Crippen molar-refractivity contribution in [2.45, 2.75) is 24.9 Å². The fraction of sp³-hybridized carbons (Fsp3) is 0.538. The molecule has 2 unspecified atom stereocenters. The SMILES string of the molecule is COC(OC)c1ccccc1C(O)C(O)CCO. The summed E-state index contributed by atoms with van der Waals surface area (Å²) in [6, 6.07) is 7.03. The molecule has 0 saturated heterocycles. The summed E-state index contributed by atoms with van der Waals surface area (Å²) in [7, 11) is 3.00. The molecule has 0 aliphatic heterocycles. The Morgan fingerprint density at radius 2 is 1.61 bits per heavy atom. The highest BCUT2D eigenvalue weighted by atomic mass is 16.7. The number of aliphatic hydroxyl groups is 3. The van der Waals surface area contributed by atoms with Crippen molar-refractivity contribution in [2.75, 3.05) is 20.8 Å². The van der Waals surface area contributed by atoms with Gasteiger partial charge in [0.2, 0.25) is 0 Å². The Balaban J connectivity index is 3.00. The van der Waals surface area contributed by atoms with E-state index >= 15 is 0 Å². The maximum atomic E-state index is 10.1. The molecule has 0 radical (unpaired) electrons. The van der Waals surface area contributed by atoms with Crippen LogP contribution in [0.25, 0.3) is 0 Å². The molecule has 0 heterocycles. The number of hydrogen-bond donors (Lipinski definition) is 3. The molecule has 0 spiro atoms. The van der Waals surface area contributed by atoms with Crippen molar-refractivity contribution in [3.63, 3.8) is 0 Å². The van der Waals surface area contributed by atoms with Gasteiger partial charge in [-0.25, -0.2) is 0 Å². The Labute approximate surface area is 107 Å². The molecule has 5 nitrogen and oxygen atoms in total. The third kappa shape index (κ3) is 3.51. The third-order valence-electron chi connectivity index (χ3n) is 2.79. The summed E-state index contributed by atoms with van der Waals surface area (Å²) in [6.07, 6.45) is -2.59. The van der Waals surface area contributed by atoms with Crippen LogP contribution in [-0.2, 0) is 9.47 Å². The second kappa shape index (κ2) is 7.45. The van der Waals surface area contributed by atoms with E-state index < -0.39 is 18.5 Å². The Morgan fingerprint density at radius 3 is 2.11 bits per heavy atom. The van der Waals surface area contributed by atoms with Crippen molar-refractivity contribution in [3.8, 4) is 0 Å². The molecule has 0 aromatic heterocycles. The maximum Gasteiger partial charge on any atom is 0.183 e. The molecule has 0 amide bonds. The molecule has 1 aromatic carbocycles. The van der Waals surface area contributed by atoms with Gasteiger partial charge < -0.3 is 24.8 Å². The molecule has 102 valence electrons. The smallest absolute Gasteiger partial charge is 0.183 e. The van der Waals surface area contributed by atoms with E-state index in [0.29, 0.717) is 11.1 Å². The van der Waals surface area contributed by atoms with Crippen molar-refractivity contribution in [2.24, 2.45) is 0 Å². The summed E-state index contributed by atoms with van der Waals surface area (Å²) in [5.74, 6) is 0. The van der Waals surface area contributed by atoms with Crippen LogP contribution in [0, 0.1) is 0 Å². The molecule has 0 saturated carbocycles. The number of methoxy groups -OCH3 is 2. The van der Waals surface area contributed by atoms with Crippen LogP contribution >= 0.6 is 0 Å². The van der Waals surface area contributed by atoms with Crippen LogP contribution in [-0.4, -0.2) is 42.3 Å². The predicted molar refractivity (Wildman–Crippen MR) is 65.9 cm³/mol. The van der Waals surface area contributed by atoms with Gasteiger partial charge in [0.05, 0.1) is 6.10 Å². The molecule has 18 heavy (non-hydrogen) atoms. The Morgan fingerprint density at radius 1 is 1.06 bits per heavy atom. The first-order chi connectivity index (χ1) is 8.65. The van der Waals surface area contributed by atoms with Crippen molar-refractivity contribution in [1.82, 2.24) is 0 Å². The third-order valence-corrected chi connectivity index (χ3v) is 2.79. The van der Waals surface area contributed by atoms with Gasteiger partial charge in [0.25, 0.3) is 0 Å². The number of ether oxygens (including phenoxy) is 2. The molecule has 1 rings (SSSR count). The molecule has 0 aliphatic carbocycles. The number of aliphatic hydroxyl groups excluding tert-OH is 3. The fourth-order valence-corrected chi connectivity index (χ4v) is 1.84. The van der Waals surface area contributed by atoms with Crippen LogP contribution < -0.4 is 0 Å². The zero-order chi connectivity index (χ0) is 13.5. The first-order valence-corrected chi connectivity index (χ1v) is 5.77. The minimum absolute atomic E-state index is 0.111. The zero-order valence-electron chi connectivity index (χ0n) is 10.6. The van der Waals surface area contributed by atoms with Gasteiger partial charge in [-0.15, -0.1) is 0 Å². The molecule has 5 heteroatoms. The molecule has 0 aliphatic rings. The van der Waals surface area contributed by atoms with E-state index in [9.17, 15) is 10.2 Å². The summed E-state index contributed by atoms with van der Waals surface area (Å²) in [6.45, 7) is -0.182. The highest BCUT2D eigenvalue weighted by Gasteiger charge is 2.23. The highest BCUT2D eigenvalue weighted by Crippen LogP contribution is 2.28. The van der Waals surface area contributed by atoms with Crippen molar-refractivity contribution in [1.29, 1.82) is 0 Å². The summed E-state index contributed by atoms with van der Waals surface area (Å²) < 4.78 is 10.3. The predicted octanol–water partition coefficient (Wildman–Crippen LogP) is 0.755. The lowest BCUT2D eigenvalue weighted by molar-refractivity contribution is -0.108. The van der Waals surface area contributed by atoms with Crippen molar-refractivity contribution in [3.05, 3.63) is 35.4 Å². The first kappa shape index (κ1) is 15.1. The minimum Gasteiger partial charge on any atom is -0.396 e. The zero-order valence-corrected chi connectivity index (χ0v) is 10.6. The molecule has 0 fully saturated rings. The first-order valence-electron chi connectivity index (χ1n) is 5.77. The largest absolute Gasteiger partial charge is 0.396 e. The van der Waals surface area contributed by atoms with E-state index in [4.69, 9.17) is 14.6 Å². The lowest BCUT2D eigenvalue weighted by atomic mass is 9.97. The van der Waals surface area contributed by atoms with Crippen LogP contribution in [0.2, 0.25) is 0 Å². The van der Waals surface area contributed by atoms with E-state index in [1.165, 1.54) is 14.2 Å². The van der Waals surface area contributed by atoms with Crippen LogP contribution in [0.3, 0.4) is 0 Å². The molecule has 1 aromatic rings. The average molecular weight is 256 g/mol. The fourth-order valence-electron chi connectivity index (χ4n) is 1.84. The normalized spacial score (nSPS) is 14.8. The molecule has 0 bridgehead atoms. The van der Waals surface area contributed by atoms with Gasteiger partial charge >= 0.3 is 0 Å². The van der Waals surface area contributed by atoms with Gasteiger partial charge in [-0.3, -0.25) is 0 Å². The minimum atomic E-state index is -1.08. The summed E-state index contributed by atoms with van der Waals surface area (Å²) in [4.78, 5) is 0. The van der Waals surface area contributed by atoms with Gasteiger partial charge in [-0.2, -0.15) is 0 Å². The number of hydrogen-bond acceptors (Lipinski definition) is 5. The van der Waals surface area contributed by atoms with E-state index in [1.807, 2.05) is 0 Å². The second-order valence-corrected chi connectivity index (χ2v) is 3.96. The van der Waals surface area contributed by atoms with E-state index in [-0.39, 0.29) is 13.0 Å². The molecule has 3 N–H and O–H groups in total. The molecular weight excluding hydrogens is 236 g/mol. The van der Waals surface area contributed by atoms with Crippen molar-refractivity contribution >= 4 is 0 Å². The topological polar surface area (TPSA) is 79.2 Å². The second-order valence-electron chi connectivity index (χ2n) is 3.96. The van der Waals surface area contributed by atoms with Gasteiger partial charge in [0.15, 0.2) is 6.29 Å². The summed E-state index contributed by atoms with van der Waals surface area (Å²) in [5.41, 5.74) is 1.19. The van der Waals surface area contributed by atoms with Gasteiger partial charge in [-0.1, -0.05) is 24.3 Å². The Kier molecular flexibility index (Phi) is 6.24. The van der Waals surface area contributed by atoms with Crippen LogP contribution in [0.15, 0.2) is 24.3 Å². The lowest BCUT2D eigenvalue weighted by Crippen LogP contribution is -2.21. The molecular formula is C13H20O5. The highest BCUT2D eigenvalue weighted by molar-refractivity contribution is 5.30. The number of benzene rings is 1. The van der Waals surface area contributed by atoms with Gasteiger partial charge in [0, 0.05) is 26.4 Å². The quantitative estimate of drug-likeness (QED) is 0.628.